The number of hydrogen-bond donors (Lipinski definition) is 0. The number of nitrogens with zero attached hydrogens (tertiary/aromatic N) is 1. The van der Waals surface area contributed by atoms with Crippen molar-refractivity contribution in [1.29, 1.82) is 0 Å². The van der Waals surface area contributed by atoms with Crippen LogP contribution >= 0.6 is 0 Å². The molecule has 1 fully saturated rings. The molecule has 6 nitrogen and oxygen atoms in total. The van der Waals surface area contributed by atoms with Crippen molar-refractivity contribution in [2.24, 2.45) is 5.92 Å². The molecule has 0 radical (unpaired) electrons. The molecule has 2 rings (SSSR count). The SMILES string of the molecule is COC(=O)c1ccc(N2CC(C(=O)OC)CC2=O)cc1F. The number of esters is 2. The first-order chi connectivity index (χ1) is 9.97. The third-order valence-electron chi connectivity index (χ3n) is 3.33. The smallest absolute Gasteiger partial charge is 0.340 e. The monoisotopic (exact) mass is 295 g/mol. The molecule has 7 heteroatoms. The maximum absolute atomic E-state index is 13.9. The van der Waals surface area contributed by atoms with Crippen LogP contribution in [0.1, 0.15) is 16.8 Å². The van der Waals surface area contributed by atoms with Crippen molar-refractivity contribution in [2.75, 3.05) is 25.7 Å². The Morgan fingerprint density at radius 2 is 2.00 bits per heavy atom. The van der Waals surface area contributed by atoms with Gasteiger partial charge in [-0.2, -0.15) is 0 Å². The number of rotatable bonds is 3. The molecule has 1 aromatic carbocycles. The fraction of sp³-hybridized carbons (Fsp3) is 0.357. The molecule has 0 N–H and O–H groups in total. The molecule has 1 saturated heterocycles. The molecule has 0 aromatic heterocycles. The van der Waals surface area contributed by atoms with E-state index in [0.717, 1.165) is 13.2 Å². The first-order valence-corrected chi connectivity index (χ1v) is 6.24. The Hall–Kier alpha value is -2.44. The van der Waals surface area contributed by atoms with Crippen LogP contribution in [0.2, 0.25) is 0 Å². The van der Waals surface area contributed by atoms with Crippen molar-refractivity contribution >= 4 is 23.5 Å². The second-order valence-electron chi connectivity index (χ2n) is 4.58. The minimum atomic E-state index is -0.792. The number of amides is 1. The highest BCUT2D eigenvalue weighted by Gasteiger charge is 2.36. The molecular weight excluding hydrogens is 281 g/mol. The Kier molecular flexibility index (Phi) is 4.21. The van der Waals surface area contributed by atoms with Gasteiger partial charge in [0, 0.05) is 18.7 Å². The predicted octanol–water partition coefficient (Wildman–Crippen LogP) is 1.14. The third-order valence-corrected chi connectivity index (χ3v) is 3.33. The van der Waals surface area contributed by atoms with E-state index in [4.69, 9.17) is 0 Å². The van der Waals surface area contributed by atoms with Crippen LogP contribution in [-0.4, -0.2) is 38.6 Å². The van der Waals surface area contributed by atoms with Crippen molar-refractivity contribution in [2.45, 2.75) is 6.42 Å². The van der Waals surface area contributed by atoms with Crippen LogP contribution in [0.4, 0.5) is 10.1 Å². The number of anilines is 1. The lowest BCUT2D eigenvalue weighted by atomic mass is 10.1. The molecule has 1 unspecified atom stereocenters. The summed E-state index contributed by atoms with van der Waals surface area (Å²) in [6.07, 6.45) is 0.0209. The molecule has 112 valence electrons. The Bertz CT molecular complexity index is 601. The normalized spacial score (nSPS) is 17.8. The van der Waals surface area contributed by atoms with E-state index < -0.39 is 23.7 Å². The molecular formula is C14H14FNO5. The molecule has 0 saturated carbocycles. The van der Waals surface area contributed by atoms with Crippen molar-refractivity contribution in [1.82, 2.24) is 0 Å². The van der Waals surface area contributed by atoms with E-state index in [1.807, 2.05) is 0 Å². The van der Waals surface area contributed by atoms with Gasteiger partial charge in [-0.1, -0.05) is 0 Å². The van der Waals surface area contributed by atoms with E-state index in [1.165, 1.54) is 24.1 Å². The first-order valence-electron chi connectivity index (χ1n) is 6.24. The van der Waals surface area contributed by atoms with Gasteiger partial charge in [0.2, 0.25) is 5.91 Å². The van der Waals surface area contributed by atoms with E-state index in [1.54, 1.807) is 0 Å². The summed E-state index contributed by atoms with van der Waals surface area (Å²) < 4.78 is 22.9. The summed E-state index contributed by atoms with van der Waals surface area (Å²) in [6, 6.07) is 3.76. The molecule has 1 aliphatic rings. The largest absolute Gasteiger partial charge is 0.469 e. The first kappa shape index (κ1) is 15.0. The van der Waals surface area contributed by atoms with Gasteiger partial charge in [-0.05, 0) is 18.2 Å². The van der Waals surface area contributed by atoms with Crippen molar-refractivity contribution in [3.8, 4) is 0 Å². The Balaban J connectivity index is 2.23. The number of benzene rings is 1. The van der Waals surface area contributed by atoms with E-state index >= 15 is 0 Å². The molecule has 1 atom stereocenters. The summed E-state index contributed by atoms with van der Waals surface area (Å²) in [7, 11) is 2.40. The van der Waals surface area contributed by atoms with Crippen LogP contribution in [0.3, 0.4) is 0 Å². The van der Waals surface area contributed by atoms with Crippen LogP contribution in [-0.2, 0) is 19.1 Å². The predicted molar refractivity (Wildman–Crippen MR) is 70.2 cm³/mol. The van der Waals surface area contributed by atoms with Gasteiger partial charge in [0.1, 0.15) is 5.82 Å². The van der Waals surface area contributed by atoms with E-state index in [2.05, 4.69) is 9.47 Å². The second kappa shape index (κ2) is 5.90. The van der Waals surface area contributed by atoms with E-state index in [-0.39, 0.29) is 30.1 Å². The Morgan fingerprint density at radius 3 is 2.57 bits per heavy atom. The zero-order chi connectivity index (χ0) is 15.6. The summed E-state index contributed by atoms with van der Waals surface area (Å²) in [5.74, 6) is -2.91. The minimum Gasteiger partial charge on any atom is -0.469 e. The van der Waals surface area contributed by atoms with Crippen LogP contribution in [0.5, 0.6) is 0 Å². The van der Waals surface area contributed by atoms with E-state index in [0.29, 0.717) is 0 Å². The van der Waals surface area contributed by atoms with Gasteiger partial charge in [-0.25, -0.2) is 9.18 Å². The Labute approximate surface area is 120 Å². The number of halogens is 1. The molecule has 0 spiro atoms. The lowest BCUT2D eigenvalue weighted by Gasteiger charge is -2.17. The third kappa shape index (κ3) is 2.86. The van der Waals surface area contributed by atoms with Gasteiger partial charge < -0.3 is 14.4 Å². The zero-order valence-corrected chi connectivity index (χ0v) is 11.6. The van der Waals surface area contributed by atoms with Crippen molar-refractivity contribution in [3.05, 3.63) is 29.6 Å². The average Bonchev–Trinajstić information content (AvgIpc) is 2.87. The lowest BCUT2D eigenvalue weighted by molar-refractivity contribution is -0.145. The van der Waals surface area contributed by atoms with E-state index in [9.17, 15) is 18.8 Å². The van der Waals surface area contributed by atoms with Crippen LogP contribution in [0.25, 0.3) is 0 Å². The highest BCUT2D eigenvalue weighted by atomic mass is 19.1. The summed E-state index contributed by atoms with van der Waals surface area (Å²) in [6.45, 7) is 0.127. The topological polar surface area (TPSA) is 72.9 Å². The number of ether oxygens (including phenoxy) is 2. The van der Waals surface area contributed by atoms with Gasteiger partial charge in [0.25, 0.3) is 0 Å². The second-order valence-corrected chi connectivity index (χ2v) is 4.58. The highest BCUT2D eigenvalue weighted by Crippen LogP contribution is 2.27. The molecule has 1 aliphatic heterocycles. The van der Waals surface area contributed by atoms with Gasteiger partial charge in [-0.15, -0.1) is 0 Å². The summed E-state index contributed by atoms with van der Waals surface area (Å²) >= 11 is 0. The molecule has 1 heterocycles. The maximum Gasteiger partial charge on any atom is 0.340 e. The zero-order valence-electron chi connectivity index (χ0n) is 11.6. The molecule has 1 aromatic rings. The average molecular weight is 295 g/mol. The number of carbonyl (C=O) groups is 3. The molecule has 21 heavy (non-hydrogen) atoms. The minimum absolute atomic E-state index is 0.0209. The lowest BCUT2D eigenvalue weighted by Crippen LogP contribution is -2.26. The van der Waals surface area contributed by atoms with Gasteiger partial charge in [-0.3, -0.25) is 9.59 Å². The van der Waals surface area contributed by atoms with Crippen molar-refractivity contribution < 1.29 is 28.2 Å². The molecule has 0 aliphatic carbocycles. The summed E-state index contributed by atoms with van der Waals surface area (Å²) in [5.41, 5.74) is 0.0777. The summed E-state index contributed by atoms with van der Waals surface area (Å²) in [4.78, 5) is 36.0. The standard InChI is InChI=1S/C14H14FNO5/c1-20-13(18)8-5-12(17)16(7-8)9-3-4-10(11(15)6-9)14(19)21-2/h3-4,6,8H,5,7H2,1-2H3. The van der Waals surface area contributed by atoms with Gasteiger partial charge in [0.15, 0.2) is 0 Å². The number of carbonyl (C=O) groups excluding carboxylic acids is 3. The Morgan fingerprint density at radius 1 is 1.29 bits per heavy atom. The fourth-order valence-corrected chi connectivity index (χ4v) is 2.23. The quantitative estimate of drug-likeness (QED) is 0.782. The molecule has 1 amide bonds. The number of methoxy groups -OCH3 is 2. The number of hydrogen-bond acceptors (Lipinski definition) is 5. The maximum atomic E-state index is 13.9. The van der Waals surface area contributed by atoms with Crippen LogP contribution < -0.4 is 4.90 Å². The highest BCUT2D eigenvalue weighted by molar-refractivity contribution is 6.00. The summed E-state index contributed by atoms with van der Waals surface area (Å²) in [5, 5.41) is 0. The molecule has 0 bridgehead atoms. The van der Waals surface area contributed by atoms with Gasteiger partial charge in [0.05, 0.1) is 25.7 Å². The fourth-order valence-electron chi connectivity index (χ4n) is 2.23. The van der Waals surface area contributed by atoms with Crippen molar-refractivity contribution in [3.63, 3.8) is 0 Å². The van der Waals surface area contributed by atoms with Crippen LogP contribution in [0.15, 0.2) is 18.2 Å². The van der Waals surface area contributed by atoms with Gasteiger partial charge >= 0.3 is 11.9 Å². The van der Waals surface area contributed by atoms with Crippen LogP contribution in [0, 0.1) is 11.7 Å².